The second-order valence-electron chi connectivity index (χ2n) is 12.1. The molecule has 3 atom stereocenters. The lowest BCUT2D eigenvalue weighted by Gasteiger charge is -2.45. The second kappa shape index (κ2) is 13.0. The number of nitrogens with zero attached hydrogens (tertiary/aromatic N) is 6. The van der Waals surface area contributed by atoms with E-state index in [2.05, 4.69) is 48.6 Å². The molecule has 2 aromatic heterocycles. The van der Waals surface area contributed by atoms with E-state index >= 15 is 0 Å². The minimum Gasteiger partial charge on any atom is -0.447 e. The number of piperazine rings is 1. The minimum atomic E-state index is -0.662. The first-order valence-electron chi connectivity index (χ1n) is 15.1. The monoisotopic (exact) mass is 668 g/mol. The van der Waals surface area contributed by atoms with Gasteiger partial charge in [0, 0.05) is 67.4 Å². The first-order valence-corrected chi connectivity index (χ1v) is 16.3. The second-order valence-corrected chi connectivity index (χ2v) is 13.5. The summed E-state index contributed by atoms with van der Waals surface area (Å²) in [5, 5.41) is 0.710. The fraction of sp³-hybridized carbons (Fsp3) is 0.500. The average molecular weight is 670 g/mol. The topological polar surface area (TPSA) is 83.8 Å². The molecule has 6 rings (SSSR count). The Bertz CT molecular complexity index is 1410. The molecule has 3 aromatic rings. The van der Waals surface area contributed by atoms with E-state index in [0.29, 0.717) is 43.7 Å². The number of halogens is 2. The van der Waals surface area contributed by atoms with E-state index in [4.69, 9.17) is 21.3 Å². The molecule has 1 aliphatic carbocycles. The molecule has 2 aliphatic heterocycles. The van der Waals surface area contributed by atoms with Crippen LogP contribution >= 0.6 is 27.5 Å². The maximum atomic E-state index is 14.4. The van der Waals surface area contributed by atoms with Gasteiger partial charge in [0.25, 0.3) is 0 Å². The van der Waals surface area contributed by atoms with Crippen molar-refractivity contribution in [3.8, 4) is 0 Å². The number of ether oxygens (including phenoxy) is 1. The number of aryl methyl sites for hydroxylation is 2. The molecule has 0 saturated carbocycles. The van der Waals surface area contributed by atoms with Gasteiger partial charge in [-0.05, 0) is 96.3 Å². The molecule has 11 heteroatoms. The standard InChI is InChI=1S/C32H38BrClN6O3/c1-21(2)43-32(42)40-13-12-38(19-28(40)31(41)39-10-3-4-22(18-39)17-37-11-9-35-20-37)30-27-8-7-26(34)15-23(27)5-6-24-14-25(33)16-36-29(24)30/h7-9,11,14-16,20-22,28,30H,3-6,10,12-13,17-19H2,1-2H3/t22-,28+,30+/m0/s1. The van der Waals surface area contributed by atoms with Gasteiger partial charge in [-0.2, -0.15) is 0 Å². The Labute approximate surface area is 266 Å². The first kappa shape index (κ1) is 30.1. The molecule has 2 fully saturated rings. The number of piperidine rings is 1. The number of aromatic nitrogens is 3. The van der Waals surface area contributed by atoms with Crippen molar-refractivity contribution in [3.63, 3.8) is 0 Å². The highest BCUT2D eigenvalue weighted by molar-refractivity contribution is 9.10. The molecule has 0 radical (unpaired) electrons. The highest BCUT2D eigenvalue weighted by Crippen LogP contribution is 2.39. The molecule has 2 saturated heterocycles. The normalized spacial score (nSPS) is 22.6. The first-order chi connectivity index (χ1) is 20.8. The summed E-state index contributed by atoms with van der Waals surface area (Å²) in [6.45, 7) is 7.20. The van der Waals surface area contributed by atoms with E-state index in [9.17, 15) is 9.59 Å². The van der Waals surface area contributed by atoms with Crippen LogP contribution in [-0.2, 0) is 28.9 Å². The molecule has 0 N–H and O–H groups in total. The number of imidazole rings is 1. The number of pyridine rings is 1. The molecular formula is C32H38BrClN6O3. The number of carbonyl (C=O) groups is 2. The third-order valence-electron chi connectivity index (χ3n) is 8.78. The largest absolute Gasteiger partial charge is 0.447 e. The summed E-state index contributed by atoms with van der Waals surface area (Å²) in [7, 11) is 0. The van der Waals surface area contributed by atoms with Gasteiger partial charge in [-0.3, -0.25) is 19.6 Å². The summed E-state index contributed by atoms with van der Waals surface area (Å²) >= 11 is 10.1. The van der Waals surface area contributed by atoms with E-state index in [-0.39, 0.29) is 18.1 Å². The van der Waals surface area contributed by atoms with Gasteiger partial charge in [-0.15, -0.1) is 0 Å². The predicted octanol–water partition coefficient (Wildman–Crippen LogP) is 5.35. The van der Waals surface area contributed by atoms with Crippen molar-refractivity contribution in [1.82, 2.24) is 29.2 Å². The SMILES string of the molecule is CC(C)OC(=O)N1CCN([C@@H]2c3ccc(Cl)cc3CCc3cc(Br)cnc32)C[C@@H]1C(=O)N1CCC[C@@H](Cn2ccnc2)C1. The van der Waals surface area contributed by atoms with E-state index in [1.165, 1.54) is 11.1 Å². The molecule has 9 nitrogen and oxygen atoms in total. The summed E-state index contributed by atoms with van der Waals surface area (Å²) in [4.78, 5) is 42.8. The van der Waals surface area contributed by atoms with Crippen LogP contribution in [0, 0.1) is 5.92 Å². The zero-order valence-corrected chi connectivity index (χ0v) is 27.0. The molecular weight excluding hydrogens is 632 g/mol. The molecule has 2 amide bonds. The number of benzene rings is 1. The highest BCUT2D eigenvalue weighted by Gasteiger charge is 2.43. The number of carbonyl (C=O) groups excluding carboxylic acids is 2. The summed E-state index contributed by atoms with van der Waals surface area (Å²) in [5.74, 6) is 0.311. The summed E-state index contributed by atoms with van der Waals surface area (Å²) in [6.07, 6.45) is 10.4. The van der Waals surface area contributed by atoms with Crippen molar-refractivity contribution >= 4 is 39.5 Å². The van der Waals surface area contributed by atoms with Crippen LogP contribution in [-0.4, -0.2) is 86.1 Å². The Morgan fingerprint density at radius 2 is 1.95 bits per heavy atom. The third-order valence-corrected chi connectivity index (χ3v) is 9.45. The van der Waals surface area contributed by atoms with Crippen molar-refractivity contribution < 1.29 is 14.3 Å². The fourth-order valence-electron chi connectivity index (χ4n) is 6.84. The van der Waals surface area contributed by atoms with Crippen LogP contribution in [0.4, 0.5) is 4.79 Å². The lowest BCUT2D eigenvalue weighted by molar-refractivity contribution is -0.141. The minimum absolute atomic E-state index is 0.0188. The van der Waals surface area contributed by atoms with Gasteiger partial charge >= 0.3 is 6.09 Å². The highest BCUT2D eigenvalue weighted by atomic mass is 79.9. The van der Waals surface area contributed by atoms with Crippen LogP contribution in [0.3, 0.4) is 0 Å². The molecule has 43 heavy (non-hydrogen) atoms. The van der Waals surface area contributed by atoms with Crippen molar-refractivity contribution in [3.05, 3.63) is 81.1 Å². The van der Waals surface area contributed by atoms with Crippen molar-refractivity contribution in [1.29, 1.82) is 0 Å². The lowest BCUT2D eigenvalue weighted by Crippen LogP contribution is -2.62. The fourth-order valence-corrected chi connectivity index (χ4v) is 7.41. The molecule has 0 unspecified atom stereocenters. The summed E-state index contributed by atoms with van der Waals surface area (Å²) in [5.41, 5.74) is 4.51. The Kier molecular flexibility index (Phi) is 9.07. The molecule has 3 aliphatic rings. The number of fused-ring (bicyclic) bond motifs is 2. The summed E-state index contributed by atoms with van der Waals surface area (Å²) < 4.78 is 8.66. The average Bonchev–Trinajstić information content (AvgIpc) is 3.44. The lowest BCUT2D eigenvalue weighted by atomic mass is 9.94. The summed E-state index contributed by atoms with van der Waals surface area (Å²) in [6, 6.07) is 7.41. The predicted molar refractivity (Wildman–Crippen MR) is 168 cm³/mol. The van der Waals surface area contributed by atoms with E-state index in [1.54, 1.807) is 11.1 Å². The number of hydrogen-bond acceptors (Lipinski definition) is 6. The molecule has 0 spiro atoms. The number of likely N-dealkylation sites (tertiary alicyclic amines) is 1. The van der Waals surface area contributed by atoms with Crippen LogP contribution in [0.2, 0.25) is 5.02 Å². The molecule has 0 bridgehead atoms. The molecule has 4 heterocycles. The van der Waals surface area contributed by atoms with E-state index < -0.39 is 12.1 Å². The smallest absolute Gasteiger partial charge is 0.410 e. The van der Waals surface area contributed by atoms with Crippen LogP contribution < -0.4 is 0 Å². The van der Waals surface area contributed by atoms with Crippen molar-refractivity contribution in [2.75, 3.05) is 32.7 Å². The van der Waals surface area contributed by atoms with E-state index in [1.807, 2.05) is 43.5 Å². The molecule has 228 valence electrons. The zero-order chi connectivity index (χ0) is 30.1. The third kappa shape index (κ3) is 6.61. The van der Waals surface area contributed by atoms with Gasteiger partial charge in [0.2, 0.25) is 5.91 Å². The van der Waals surface area contributed by atoms with Gasteiger partial charge in [-0.1, -0.05) is 17.7 Å². The quantitative estimate of drug-likeness (QED) is 0.364. The van der Waals surface area contributed by atoms with Crippen LogP contribution in [0.1, 0.15) is 55.1 Å². The van der Waals surface area contributed by atoms with Gasteiger partial charge in [0.1, 0.15) is 6.04 Å². The van der Waals surface area contributed by atoms with Gasteiger partial charge in [-0.25, -0.2) is 9.78 Å². The van der Waals surface area contributed by atoms with Gasteiger partial charge < -0.3 is 14.2 Å². The van der Waals surface area contributed by atoms with Gasteiger partial charge in [0.15, 0.2) is 0 Å². The maximum absolute atomic E-state index is 14.4. The maximum Gasteiger partial charge on any atom is 0.410 e. The Morgan fingerprint density at radius 1 is 1.12 bits per heavy atom. The number of hydrogen-bond donors (Lipinski definition) is 0. The Balaban J connectivity index is 1.32. The zero-order valence-electron chi connectivity index (χ0n) is 24.7. The number of amides is 2. The Morgan fingerprint density at radius 3 is 2.74 bits per heavy atom. The van der Waals surface area contributed by atoms with Gasteiger partial charge in [0.05, 0.1) is 24.2 Å². The van der Waals surface area contributed by atoms with E-state index in [0.717, 1.165) is 48.0 Å². The van der Waals surface area contributed by atoms with Crippen LogP contribution in [0.5, 0.6) is 0 Å². The molecule has 1 aromatic carbocycles. The number of rotatable bonds is 5. The van der Waals surface area contributed by atoms with Crippen LogP contribution in [0.15, 0.2) is 53.7 Å². The van der Waals surface area contributed by atoms with Crippen molar-refractivity contribution in [2.45, 2.75) is 64.3 Å². The van der Waals surface area contributed by atoms with Crippen molar-refractivity contribution in [2.24, 2.45) is 5.92 Å². The van der Waals surface area contributed by atoms with Crippen LogP contribution in [0.25, 0.3) is 0 Å². The Hall–Kier alpha value is -2.95.